The summed E-state index contributed by atoms with van der Waals surface area (Å²) in [7, 11) is 2.34. The first-order valence-corrected chi connectivity index (χ1v) is 17.3. The van der Waals surface area contributed by atoms with Crippen LogP contribution in [-0.4, -0.2) is 48.6 Å². The van der Waals surface area contributed by atoms with E-state index in [0.717, 1.165) is 25.7 Å². The van der Waals surface area contributed by atoms with Gasteiger partial charge < -0.3 is 43.3 Å². The molecule has 0 N–H and O–H groups in total. The van der Waals surface area contributed by atoms with E-state index >= 15 is 0 Å². The molecular formula is C14H28O4P2S4Sn+2. The third kappa shape index (κ3) is 13.5. The summed E-state index contributed by atoms with van der Waals surface area (Å²) >= 11 is 9.64. The molecule has 0 aromatic heterocycles. The topological polar surface area (TPSA) is 64.6 Å². The van der Waals surface area contributed by atoms with Gasteiger partial charge in [-0.3, -0.25) is 0 Å². The summed E-state index contributed by atoms with van der Waals surface area (Å²) < 4.78 is 10.7. The fourth-order valence-corrected chi connectivity index (χ4v) is 6.09. The molecule has 2 saturated carbocycles. The molecule has 2 unspecified atom stereocenters. The first-order valence-electron chi connectivity index (χ1n) is 8.38. The Labute approximate surface area is 188 Å². The van der Waals surface area contributed by atoms with Gasteiger partial charge in [0.2, 0.25) is 0 Å². The molecule has 0 aromatic rings. The maximum atomic E-state index is 11.4. The van der Waals surface area contributed by atoms with Crippen LogP contribution in [0.5, 0.6) is 0 Å². The SMILES string of the molecule is C[S+]=P([O-])([S-])OC1CCCCC1.C[S+]=P([O-])([S-])OC1CCCCC1.[Sn+4]. The van der Waals surface area contributed by atoms with Crippen molar-refractivity contribution in [2.45, 2.75) is 76.4 Å². The van der Waals surface area contributed by atoms with Crippen molar-refractivity contribution in [1.82, 2.24) is 0 Å². The standard InChI is InChI=1S/2C7H14O2PS2.Sn/c2*1-12-10(8,11)9-7-5-3-2-4-6-7;/h2*7H,2-6H2,1H3;/q2*-1;+4. The van der Waals surface area contributed by atoms with Crippen molar-refractivity contribution in [3.63, 3.8) is 0 Å². The Morgan fingerprint density at radius 3 is 1.24 bits per heavy atom. The van der Waals surface area contributed by atoms with Gasteiger partial charge in [0, 0.05) is 0 Å². The smallest absolute Gasteiger partial charge is 0.784 e. The Bertz CT molecular complexity index is 416. The minimum atomic E-state index is -2.74. The summed E-state index contributed by atoms with van der Waals surface area (Å²) in [6.07, 6.45) is 15.2. The summed E-state index contributed by atoms with van der Waals surface area (Å²) in [5.41, 5.74) is -5.48. The molecule has 0 spiro atoms. The van der Waals surface area contributed by atoms with Crippen molar-refractivity contribution < 1.29 is 18.8 Å². The normalized spacial score (nSPS) is 23.9. The fourth-order valence-electron chi connectivity index (χ4n) is 2.79. The Kier molecular flexibility index (Phi) is 16.1. The number of rotatable bonds is 4. The first-order chi connectivity index (χ1) is 11.3. The van der Waals surface area contributed by atoms with E-state index < -0.39 is 11.4 Å². The summed E-state index contributed by atoms with van der Waals surface area (Å²) in [6, 6.07) is 0. The van der Waals surface area contributed by atoms with Crippen LogP contribution in [-0.2, 0) is 55.4 Å². The van der Waals surface area contributed by atoms with E-state index in [9.17, 15) is 9.79 Å². The Morgan fingerprint density at radius 2 is 1.00 bits per heavy atom. The molecule has 0 heterocycles. The van der Waals surface area contributed by atoms with Crippen LogP contribution in [0.15, 0.2) is 0 Å². The summed E-state index contributed by atoms with van der Waals surface area (Å²) in [5, 5.41) is 0. The van der Waals surface area contributed by atoms with Crippen LogP contribution < -0.4 is 9.79 Å². The van der Waals surface area contributed by atoms with Crippen molar-refractivity contribution in [1.29, 1.82) is 0 Å². The maximum Gasteiger partial charge on any atom is 4.00 e. The average molecular weight is 569 g/mol. The van der Waals surface area contributed by atoms with Crippen LogP contribution in [0.25, 0.3) is 0 Å². The van der Waals surface area contributed by atoms with E-state index in [0.29, 0.717) is 0 Å². The van der Waals surface area contributed by atoms with Gasteiger partial charge in [0.25, 0.3) is 0 Å². The van der Waals surface area contributed by atoms with Crippen molar-refractivity contribution in [2.24, 2.45) is 0 Å². The molecule has 0 saturated heterocycles. The molecule has 0 radical (unpaired) electrons. The molecule has 2 aliphatic carbocycles. The Balaban J connectivity index is 0.000000443. The second-order valence-corrected chi connectivity index (χ2v) is 18.3. The zero-order valence-electron chi connectivity index (χ0n) is 14.9. The van der Waals surface area contributed by atoms with Gasteiger partial charge in [-0.05, 0) is 25.7 Å². The van der Waals surface area contributed by atoms with Gasteiger partial charge in [-0.15, -0.1) is 0 Å². The molecule has 0 aliphatic heterocycles. The molecule has 2 aliphatic rings. The third-order valence-electron chi connectivity index (χ3n) is 4.11. The number of hydrogen-bond acceptors (Lipinski definition) is 6. The van der Waals surface area contributed by atoms with E-state index in [1.807, 2.05) is 0 Å². The second kappa shape index (κ2) is 14.6. The predicted octanol–water partition coefficient (Wildman–Crippen LogP) is 2.89. The molecule has 0 bridgehead atoms. The predicted molar refractivity (Wildman–Crippen MR) is 117 cm³/mol. The van der Waals surface area contributed by atoms with Crippen molar-refractivity contribution in [3.05, 3.63) is 0 Å². The van der Waals surface area contributed by atoms with Crippen molar-refractivity contribution in [3.8, 4) is 0 Å². The molecule has 11 heteroatoms. The molecule has 25 heavy (non-hydrogen) atoms. The largest absolute Gasteiger partial charge is 4.00 e. The summed E-state index contributed by atoms with van der Waals surface area (Å²) in [5.74, 6) is 0. The molecule has 4 nitrogen and oxygen atoms in total. The maximum absolute atomic E-state index is 11.4. The molecule has 0 aromatic carbocycles. The van der Waals surface area contributed by atoms with E-state index in [-0.39, 0.29) is 36.1 Å². The van der Waals surface area contributed by atoms with Gasteiger partial charge in [-0.25, -0.2) is 0 Å². The summed E-state index contributed by atoms with van der Waals surface area (Å²) in [6.45, 7) is 0. The van der Waals surface area contributed by atoms with Gasteiger partial charge >= 0.3 is 23.9 Å². The van der Waals surface area contributed by atoms with E-state index in [2.05, 4.69) is 0 Å². The van der Waals surface area contributed by atoms with Crippen LogP contribution in [0, 0.1) is 0 Å². The first kappa shape index (κ1) is 27.6. The average Bonchev–Trinajstić information content (AvgIpc) is 2.57. The molecule has 2 rings (SSSR count). The van der Waals surface area contributed by atoms with Gasteiger partial charge in [0.1, 0.15) is 21.9 Å². The van der Waals surface area contributed by atoms with Gasteiger partial charge in [-0.1, -0.05) is 38.5 Å². The minimum absolute atomic E-state index is 0. The van der Waals surface area contributed by atoms with Gasteiger partial charge in [0.15, 0.2) is 12.5 Å². The molecule has 2 atom stereocenters. The molecule has 2 fully saturated rings. The zero-order valence-corrected chi connectivity index (χ0v) is 22.8. The molecule has 0 amide bonds. The minimum Gasteiger partial charge on any atom is -0.784 e. The van der Waals surface area contributed by atoms with Crippen LogP contribution in [0.1, 0.15) is 64.2 Å². The Hall–Kier alpha value is 2.64. The second-order valence-electron chi connectivity index (χ2n) is 5.99. The monoisotopic (exact) mass is 570 g/mol. The van der Waals surface area contributed by atoms with Gasteiger partial charge in [-0.2, -0.15) is 0 Å². The van der Waals surface area contributed by atoms with Crippen LogP contribution in [0.3, 0.4) is 0 Å². The molecular weight excluding hydrogens is 541 g/mol. The van der Waals surface area contributed by atoms with E-state index in [1.165, 1.54) is 60.4 Å². The molecule has 144 valence electrons. The summed E-state index contributed by atoms with van der Waals surface area (Å²) in [4.78, 5) is 22.8. The fraction of sp³-hybridized carbons (Fsp3) is 1.00. The Morgan fingerprint density at radius 1 is 0.720 bits per heavy atom. The van der Waals surface area contributed by atoms with E-state index in [4.69, 9.17) is 33.5 Å². The van der Waals surface area contributed by atoms with E-state index in [1.54, 1.807) is 12.5 Å². The van der Waals surface area contributed by atoms with Gasteiger partial charge in [0.05, 0.1) is 23.6 Å². The quantitative estimate of drug-likeness (QED) is 0.225. The zero-order chi connectivity index (χ0) is 18.1. The third-order valence-corrected chi connectivity index (χ3v) is 12.5. The van der Waals surface area contributed by atoms with Crippen LogP contribution in [0.2, 0.25) is 0 Å². The number of hydrogen-bond donors (Lipinski definition) is 0. The van der Waals surface area contributed by atoms with Crippen molar-refractivity contribution >= 4 is 81.7 Å². The van der Waals surface area contributed by atoms with Crippen LogP contribution in [0.4, 0.5) is 0 Å². The van der Waals surface area contributed by atoms with Crippen LogP contribution >= 0.6 is 11.4 Å². The van der Waals surface area contributed by atoms with Crippen molar-refractivity contribution in [2.75, 3.05) is 12.5 Å².